The number of hydrogen-bond acceptors (Lipinski definition) is 36. The monoisotopic (exact) mass is 1920 g/mol. The zero-order valence-electron chi connectivity index (χ0n) is 79.6. The Morgan fingerprint density at radius 3 is 1.08 bits per heavy atom. The SMILES string of the molecule is CCC1OC(OCCCCCC(=O)NCCCNC(=O)C(CCCCNC(=O)CCCC(=O)OCc2ccccc2)N(CC(=O)NCCCNC(=O)CCCCCOC2OC(COC(C)=O)C(OC(C)=O)C(OC(C)=O)C2NC(C)=O)C(C=O)NCCCNC(=O)CCCCCOC2OC(COC(C)=O)C(OC(C)=O)C(OC(C)=O)C2NC(C)=O)C(NC(C)=O)C(OC(C)=O)C1OC(C)=O. The summed E-state index contributed by atoms with van der Waals surface area (Å²) in [6, 6.07) is 4.54. The van der Waals surface area contributed by atoms with Crippen LogP contribution in [0.3, 0.4) is 0 Å². The van der Waals surface area contributed by atoms with Gasteiger partial charge in [0.25, 0.3) is 0 Å². The molecule has 3 aliphatic rings. The maximum Gasteiger partial charge on any atom is 0.306 e. The minimum atomic E-state index is -1.32. The smallest absolute Gasteiger partial charge is 0.306 e. The maximum atomic E-state index is 14.8. The molecule has 45 heteroatoms. The van der Waals surface area contributed by atoms with Gasteiger partial charge in [0.2, 0.25) is 53.2 Å². The Bertz CT molecular complexity index is 3940. The number of carbonyl (C=O) groups excluding carboxylic acids is 19. The average Bonchev–Trinajstić information content (AvgIpc) is 0.797. The van der Waals surface area contributed by atoms with E-state index in [2.05, 4.69) is 53.2 Å². The number of amides is 9. The van der Waals surface area contributed by atoms with Crippen molar-refractivity contribution in [1.82, 2.24) is 58.1 Å². The molecule has 3 saturated heterocycles. The van der Waals surface area contributed by atoms with E-state index >= 15 is 0 Å². The summed E-state index contributed by atoms with van der Waals surface area (Å²) < 4.78 is 85.1. The van der Waals surface area contributed by atoms with Gasteiger partial charge in [-0.1, -0.05) is 56.5 Å². The molecule has 3 heterocycles. The van der Waals surface area contributed by atoms with Gasteiger partial charge < -0.3 is 124 Å². The lowest BCUT2D eigenvalue weighted by molar-refractivity contribution is -0.277. The van der Waals surface area contributed by atoms with Crippen molar-refractivity contribution in [3.05, 3.63) is 35.9 Å². The first-order chi connectivity index (χ1) is 64.4. The van der Waals surface area contributed by atoms with Crippen molar-refractivity contribution in [2.75, 3.05) is 85.4 Å². The fourth-order valence-electron chi connectivity index (χ4n) is 14.9. The predicted molar refractivity (Wildman–Crippen MR) is 473 cm³/mol. The summed E-state index contributed by atoms with van der Waals surface area (Å²) in [6.07, 6.45) is -8.79. The summed E-state index contributed by atoms with van der Waals surface area (Å²) in [5.41, 5.74) is 0.807. The van der Waals surface area contributed by atoms with Gasteiger partial charge in [0, 0.05) is 167 Å². The highest BCUT2D eigenvalue weighted by Gasteiger charge is 2.54. The van der Waals surface area contributed by atoms with E-state index in [-0.39, 0.29) is 166 Å². The van der Waals surface area contributed by atoms with E-state index in [1.54, 1.807) is 6.92 Å². The molecule has 0 bridgehead atoms. The molecule has 10 N–H and O–H groups in total. The molecule has 17 atom stereocenters. The van der Waals surface area contributed by atoms with Crippen LogP contribution in [0.5, 0.6) is 0 Å². The Morgan fingerprint density at radius 1 is 0.363 bits per heavy atom. The van der Waals surface area contributed by atoms with Crippen LogP contribution in [0.4, 0.5) is 0 Å². The van der Waals surface area contributed by atoms with Gasteiger partial charge in [-0.15, -0.1) is 0 Å². The lowest BCUT2D eigenvalue weighted by atomic mass is 9.94. The standard InChI is InChI=1S/C90H141N11O34/c1-13-68-81(127-60(7)108)84(130-63(10)111)78(98-55(2)103)88(133-68)121-47-25-15-20-37-74(116)95-44-31-46-97-87(120)67(34-23-24-40-92-75(117)38-28-39-77(119)126-52-66-32-18-14-19-33-66)101(50-76(118)96-45-30-43-94-73(115)36-22-17-27-49-123-90-80(100-57(4)105)86(132-65(12)113)83(129-62(9)110)70(135-90)54-125-59(6)107)71(51-102)91-41-29-42-93-72(114)35-21-16-26-48-122-89-79(99-56(3)104)85(131-64(11)112)82(128-61(8)109)69(134-89)53-124-58(5)106/h14,18-19,32-33,51,67-71,78-86,88-91H,13,15-17,20-31,34-50,52-54H2,1-12H3,(H,92,117)(H,93,114)(H,94,115)(H,95,116)(H,96,118)(H,97,120)(H,98,103)(H,99,104)(H,100,105). The van der Waals surface area contributed by atoms with Gasteiger partial charge in [-0.05, 0) is 102 Å². The van der Waals surface area contributed by atoms with E-state index in [1.807, 2.05) is 30.3 Å². The zero-order chi connectivity index (χ0) is 99.7. The summed E-state index contributed by atoms with van der Waals surface area (Å²) >= 11 is 0. The summed E-state index contributed by atoms with van der Waals surface area (Å²) in [5, 5.41) is 28.2. The zero-order valence-corrected chi connectivity index (χ0v) is 79.6. The van der Waals surface area contributed by atoms with Crippen molar-refractivity contribution >= 4 is 113 Å². The van der Waals surface area contributed by atoms with Gasteiger partial charge in [0.05, 0.1) is 12.6 Å². The maximum absolute atomic E-state index is 14.8. The highest BCUT2D eigenvalue weighted by atomic mass is 16.7. The number of esters is 9. The third-order valence-electron chi connectivity index (χ3n) is 20.9. The molecule has 1 aromatic carbocycles. The molecular formula is C90H141N11O34. The van der Waals surface area contributed by atoms with Crippen LogP contribution >= 0.6 is 0 Å². The topological polar surface area (TPSA) is 586 Å². The van der Waals surface area contributed by atoms with E-state index < -0.39 is 207 Å². The molecule has 0 radical (unpaired) electrons. The first kappa shape index (κ1) is 116. The lowest BCUT2D eigenvalue weighted by Gasteiger charge is -2.45. The third kappa shape index (κ3) is 48.4. The van der Waals surface area contributed by atoms with Gasteiger partial charge in [-0.3, -0.25) is 96.5 Å². The summed E-state index contributed by atoms with van der Waals surface area (Å²) in [7, 11) is 0. The second kappa shape index (κ2) is 65.7. The van der Waals surface area contributed by atoms with Crippen LogP contribution in [0, 0.1) is 0 Å². The highest BCUT2D eigenvalue weighted by Crippen LogP contribution is 2.33. The Kier molecular flexibility index (Phi) is 56.6. The van der Waals surface area contributed by atoms with Gasteiger partial charge in [-0.25, -0.2) is 0 Å². The summed E-state index contributed by atoms with van der Waals surface area (Å²) in [4.78, 5) is 243. The molecule has 0 saturated carbocycles. The minimum Gasteiger partial charge on any atom is -0.463 e. The molecule has 9 amide bonds. The van der Waals surface area contributed by atoms with Crippen LogP contribution in [0.25, 0.3) is 0 Å². The Morgan fingerprint density at radius 2 is 0.711 bits per heavy atom. The van der Waals surface area contributed by atoms with Gasteiger partial charge in [-0.2, -0.15) is 0 Å². The van der Waals surface area contributed by atoms with Crippen molar-refractivity contribution in [1.29, 1.82) is 0 Å². The number of aldehydes is 1. The fourth-order valence-corrected chi connectivity index (χ4v) is 14.9. The van der Waals surface area contributed by atoms with E-state index in [0.717, 1.165) is 47.1 Å². The second-order valence-corrected chi connectivity index (χ2v) is 32.6. The van der Waals surface area contributed by atoms with Crippen LogP contribution in [-0.4, -0.2) is 308 Å². The number of nitrogens with zero attached hydrogens (tertiary/aromatic N) is 1. The lowest BCUT2D eigenvalue weighted by Crippen LogP contribution is -2.66. The molecule has 1 aromatic rings. The van der Waals surface area contributed by atoms with E-state index in [4.69, 9.17) is 71.1 Å². The largest absolute Gasteiger partial charge is 0.463 e. The number of carbonyl (C=O) groups is 19. The molecule has 135 heavy (non-hydrogen) atoms. The molecule has 0 spiro atoms. The van der Waals surface area contributed by atoms with Crippen LogP contribution < -0.4 is 53.2 Å². The Hall–Kier alpha value is -11.0. The quantitative estimate of drug-likeness (QED) is 0.0144. The van der Waals surface area contributed by atoms with Gasteiger partial charge >= 0.3 is 53.7 Å². The normalized spacial score (nSPS) is 21.6. The van der Waals surface area contributed by atoms with Crippen LogP contribution in [-0.2, 0) is 169 Å². The minimum absolute atomic E-state index is 0.000535. The number of nitrogens with one attached hydrogen (secondary N) is 10. The van der Waals surface area contributed by atoms with Crippen LogP contribution in [0.2, 0.25) is 0 Å². The molecule has 0 aromatic heterocycles. The average molecular weight is 1920 g/mol. The van der Waals surface area contributed by atoms with Crippen LogP contribution in [0.15, 0.2) is 30.3 Å². The Balaban J connectivity index is 1.45. The molecule has 0 aliphatic carbocycles. The first-order valence-electron chi connectivity index (χ1n) is 46.1. The van der Waals surface area contributed by atoms with E-state index in [9.17, 15) is 91.1 Å². The van der Waals surface area contributed by atoms with Crippen molar-refractivity contribution in [3.63, 3.8) is 0 Å². The number of hydrogen-bond donors (Lipinski definition) is 10. The Labute approximate surface area is 786 Å². The van der Waals surface area contributed by atoms with Crippen molar-refractivity contribution in [2.24, 2.45) is 0 Å². The van der Waals surface area contributed by atoms with Crippen molar-refractivity contribution in [3.8, 4) is 0 Å². The number of benzene rings is 1. The number of ether oxygens (including phenoxy) is 15. The number of rotatable bonds is 65. The molecule has 17 unspecified atom stereocenters. The van der Waals surface area contributed by atoms with Gasteiger partial charge in [0.15, 0.2) is 61.8 Å². The molecular weight excluding hydrogens is 1780 g/mol. The van der Waals surface area contributed by atoms with Crippen molar-refractivity contribution < 1.29 is 162 Å². The van der Waals surface area contributed by atoms with Gasteiger partial charge in [0.1, 0.15) is 62.4 Å². The van der Waals surface area contributed by atoms with Crippen molar-refractivity contribution in [2.45, 2.75) is 335 Å². The second-order valence-electron chi connectivity index (χ2n) is 32.6. The highest BCUT2D eigenvalue weighted by molar-refractivity contribution is 5.85. The summed E-state index contributed by atoms with van der Waals surface area (Å²) in [6.45, 7) is 14.2. The summed E-state index contributed by atoms with van der Waals surface area (Å²) in [5.74, 6) is -10.2. The van der Waals surface area contributed by atoms with E-state index in [1.165, 1.54) is 39.5 Å². The molecule has 3 aliphatic heterocycles. The molecule has 760 valence electrons. The molecule has 45 nitrogen and oxygen atoms in total. The third-order valence-corrected chi connectivity index (χ3v) is 20.9. The molecule has 3 fully saturated rings. The fraction of sp³-hybridized carbons (Fsp3) is 0.722. The predicted octanol–water partition coefficient (Wildman–Crippen LogP) is 1.27. The first-order valence-corrected chi connectivity index (χ1v) is 46.1. The van der Waals surface area contributed by atoms with Crippen LogP contribution in [0.1, 0.15) is 230 Å². The number of unbranched alkanes of at least 4 members (excludes halogenated alkanes) is 7. The van der Waals surface area contributed by atoms with E-state index in [0.29, 0.717) is 76.9 Å². The molecule has 4 rings (SSSR count).